The van der Waals surface area contributed by atoms with Crippen molar-refractivity contribution in [2.45, 2.75) is 12.4 Å². The van der Waals surface area contributed by atoms with Crippen molar-refractivity contribution in [3.63, 3.8) is 0 Å². The number of hydrogen-bond acceptors (Lipinski definition) is 2. The molecule has 5 heteroatoms. The Bertz CT molecular complexity index is 676. The summed E-state index contributed by atoms with van der Waals surface area (Å²) in [5.41, 5.74) is 1.18. The van der Waals surface area contributed by atoms with E-state index in [1.807, 2.05) is 28.1 Å². The summed E-state index contributed by atoms with van der Waals surface area (Å²) in [6.07, 6.45) is 0. The summed E-state index contributed by atoms with van der Waals surface area (Å²) in [6.45, 7) is 0.680. The maximum absolute atomic E-state index is 13.7. The highest BCUT2D eigenvalue weighted by molar-refractivity contribution is 7.09. The number of para-hydroxylation sites is 1. The van der Waals surface area contributed by atoms with Crippen LogP contribution < -0.4 is 0 Å². The molecule has 0 atom stereocenters. The number of aromatic nitrogens is 2. The van der Waals surface area contributed by atoms with Crippen molar-refractivity contribution >= 4 is 34.0 Å². The predicted octanol–water partition coefficient (Wildman–Crippen LogP) is 4.02. The van der Waals surface area contributed by atoms with Gasteiger partial charge in [0.05, 0.1) is 17.9 Å². The van der Waals surface area contributed by atoms with Crippen LogP contribution in [-0.4, -0.2) is 9.55 Å². The van der Waals surface area contributed by atoms with Crippen LogP contribution in [0.5, 0.6) is 0 Å². The van der Waals surface area contributed by atoms with Crippen LogP contribution in [0, 0.1) is 5.82 Å². The largest absolute Gasteiger partial charge is 0.322 e. The van der Waals surface area contributed by atoms with Crippen molar-refractivity contribution in [1.29, 1.82) is 0 Å². The predicted molar refractivity (Wildman–Crippen MR) is 72.7 cm³/mol. The average Bonchev–Trinajstić information content (AvgIpc) is 2.99. The van der Waals surface area contributed by atoms with Crippen LogP contribution in [0.4, 0.5) is 4.39 Å². The highest BCUT2D eigenvalue weighted by Crippen LogP contribution is 2.22. The van der Waals surface area contributed by atoms with Crippen LogP contribution in [-0.2, 0) is 12.4 Å². The molecule has 3 rings (SSSR count). The molecular weight excluding hydrogens is 271 g/mol. The van der Waals surface area contributed by atoms with E-state index in [9.17, 15) is 4.39 Å². The Balaban J connectivity index is 2.17. The Labute approximate surface area is 113 Å². The third-order valence-electron chi connectivity index (χ3n) is 2.82. The Kier molecular flexibility index (Phi) is 3.06. The van der Waals surface area contributed by atoms with Crippen molar-refractivity contribution in [3.8, 4) is 0 Å². The molecule has 0 saturated carbocycles. The van der Waals surface area contributed by atoms with Crippen LogP contribution in [0.1, 0.15) is 10.7 Å². The van der Waals surface area contributed by atoms with Gasteiger partial charge in [-0.25, -0.2) is 9.37 Å². The fourth-order valence-corrected chi connectivity index (χ4v) is 2.89. The van der Waals surface area contributed by atoms with E-state index in [1.54, 1.807) is 17.4 Å². The first kappa shape index (κ1) is 11.7. The SMILES string of the molecule is Fc1cccc2c1nc(CCl)n2Cc1cccs1. The maximum atomic E-state index is 13.7. The Morgan fingerprint density at radius 3 is 2.89 bits per heavy atom. The summed E-state index contributed by atoms with van der Waals surface area (Å²) in [7, 11) is 0. The molecule has 2 aromatic heterocycles. The molecule has 18 heavy (non-hydrogen) atoms. The molecule has 0 spiro atoms. The zero-order valence-electron chi connectivity index (χ0n) is 9.44. The molecule has 0 amide bonds. The van der Waals surface area contributed by atoms with Gasteiger partial charge in [0, 0.05) is 4.88 Å². The average molecular weight is 281 g/mol. The van der Waals surface area contributed by atoms with Crippen molar-refractivity contribution < 1.29 is 4.39 Å². The van der Waals surface area contributed by atoms with Gasteiger partial charge in [0.25, 0.3) is 0 Å². The standard InChI is InChI=1S/C13H10ClFN2S/c14-7-12-16-13-10(15)4-1-5-11(13)17(12)8-9-3-2-6-18-9/h1-6H,7-8H2. The fourth-order valence-electron chi connectivity index (χ4n) is 2.00. The van der Waals surface area contributed by atoms with Crippen LogP contribution >= 0.6 is 22.9 Å². The summed E-state index contributed by atoms with van der Waals surface area (Å²) < 4.78 is 15.6. The first-order valence-electron chi connectivity index (χ1n) is 5.51. The van der Waals surface area contributed by atoms with Crippen molar-refractivity contribution in [1.82, 2.24) is 9.55 Å². The number of rotatable bonds is 3. The molecule has 3 aromatic rings. The van der Waals surface area contributed by atoms with Gasteiger partial charge in [-0.05, 0) is 23.6 Å². The minimum atomic E-state index is -0.302. The van der Waals surface area contributed by atoms with E-state index >= 15 is 0 Å². The molecule has 0 saturated heterocycles. The molecule has 0 N–H and O–H groups in total. The Morgan fingerprint density at radius 1 is 1.28 bits per heavy atom. The first-order chi connectivity index (χ1) is 8.79. The highest BCUT2D eigenvalue weighted by Gasteiger charge is 2.13. The number of alkyl halides is 1. The molecule has 0 unspecified atom stereocenters. The number of fused-ring (bicyclic) bond motifs is 1. The number of hydrogen-bond donors (Lipinski definition) is 0. The lowest BCUT2D eigenvalue weighted by Crippen LogP contribution is -2.02. The van der Waals surface area contributed by atoms with Gasteiger partial charge in [0.2, 0.25) is 0 Å². The van der Waals surface area contributed by atoms with Gasteiger partial charge in [-0.3, -0.25) is 0 Å². The second-order valence-electron chi connectivity index (χ2n) is 3.93. The quantitative estimate of drug-likeness (QED) is 0.663. The van der Waals surface area contributed by atoms with Crippen molar-refractivity contribution in [2.75, 3.05) is 0 Å². The van der Waals surface area contributed by atoms with E-state index in [-0.39, 0.29) is 11.7 Å². The molecule has 0 aliphatic rings. The summed E-state index contributed by atoms with van der Waals surface area (Å²) in [5.74, 6) is 0.674. The molecule has 0 radical (unpaired) electrons. The van der Waals surface area contributed by atoms with Gasteiger partial charge in [-0.15, -0.1) is 22.9 Å². The number of nitrogens with zero attached hydrogens (tertiary/aromatic N) is 2. The smallest absolute Gasteiger partial charge is 0.151 e. The van der Waals surface area contributed by atoms with E-state index in [0.717, 1.165) is 5.52 Å². The van der Waals surface area contributed by atoms with Crippen molar-refractivity contribution in [2.24, 2.45) is 0 Å². The molecule has 1 aromatic carbocycles. The molecule has 92 valence electrons. The lowest BCUT2D eigenvalue weighted by Gasteiger charge is -2.05. The fraction of sp³-hybridized carbons (Fsp3) is 0.154. The number of thiophene rings is 1. The molecule has 0 aliphatic carbocycles. The van der Waals surface area contributed by atoms with E-state index in [2.05, 4.69) is 4.98 Å². The van der Waals surface area contributed by atoms with Crippen LogP contribution in [0.2, 0.25) is 0 Å². The number of halogens is 2. The molecule has 0 bridgehead atoms. The summed E-state index contributed by atoms with van der Waals surface area (Å²) in [4.78, 5) is 5.47. The second-order valence-corrected chi connectivity index (χ2v) is 5.23. The molecule has 2 heterocycles. The minimum absolute atomic E-state index is 0.277. The Morgan fingerprint density at radius 2 is 2.17 bits per heavy atom. The Hall–Kier alpha value is -1.39. The van der Waals surface area contributed by atoms with Crippen LogP contribution in [0.25, 0.3) is 11.0 Å². The van der Waals surface area contributed by atoms with Gasteiger partial charge in [-0.1, -0.05) is 12.1 Å². The monoisotopic (exact) mass is 280 g/mol. The lowest BCUT2D eigenvalue weighted by molar-refractivity contribution is 0.637. The van der Waals surface area contributed by atoms with Gasteiger partial charge in [0.15, 0.2) is 5.82 Å². The first-order valence-corrected chi connectivity index (χ1v) is 6.93. The third-order valence-corrected chi connectivity index (χ3v) is 3.92. The molecule has 0 fully saturated rings. The number of imidazole rings is 1. The van der Waals surface area contributed by atoms with Gasteiger partial charge in [0.1, 0.15) is 11.3 Å². The lowest BCUT2D eigenvalue weighted by atomic mass is 10.3. The third kappa shape index (κ3) is 1.91. The second kappa shape index (κ2) is 4.71. The zero-order valence-corrected chi connectivity index (χ0v) is 11.0. The summed E-state index contributed by atoms with van der Waals surface area (Å²) >= 11 is 7.56. The molecule has 0 aliphatic heterocycles. The number of benzene rings is 1. The minimum Gasteiger partial charge on any atom is -0.322 e. The van der Waals surface area contributed by atoms with E-state index in [0.29, 0.717) is 17.9 Å². The van der Waals surface area contributed by atoms with Crippen molar-refractivity contribution in [3.05, 3.63) is 52.2 Å². The van der Waals surface area contributed by atoms with Crippen LogP contribution in [0.3, 0.4) is 0 Å². The zero-order chi connectivity index (χ0) is 12.5. The molecule has 2 nitrogen and oxygen atoms in total. The topological polar surface area (TPSA) is 17.8 Å². The van der Waals surface area contributed by atoms with E-state index in [1.165, 1.54) is 10.9 Å². The van der Waals surface area contributed by atoms with E-state index < -0.39 is 0 Å². The maximum Gasteiger partial charge on any atom is 0.151 e. The van der Waals surface area contributed by atoms with Gasteiger partial charge in [-0.2, -0.15) is 0 Å². The normalized spacial score (nSPS) is 11.2. The summed E-state index contributed by atoms with van der Waals surface area (Å²) in [5, 5.41) is 2.02. The molecular formula is C13H10ClFN2S. The van der Waals surface area contributed by atoms with Gasteiger partial charge >= 0.3 is 0 Å². The van der Waals surface area contributed by atoms with Gasteiger partial charge < -0.3 is 4.57 Å². The van der Waals surface area contributed by atoms with Crippen LogP contribution in [0.15, 0.2) is 35.7 Å². The highest BCUT2D eigenvalue weighted by atomic mass is 35.5. The summed E-state index contributed by atoms with van der Waals surface area (Å²) in [6, 6.07) is 9.04. The van der Waals surface area contributed by atoms with E-state index in [4.69, 9.17) is 11.6 Å².